The Balaban J connectivity index is 0.00000484. The molecule has 1 aromatic carbocycles. The van der Waals surface area contributed by atoms with Gasteiger partial charge in [-0.25, -0.2) is 0 Å². The number of nitrogens with one attached hydrogen (secondary N) is 1. The molecule has 23 heavy (non-hydrogen) atoms. The topological polar surface area (TPSA) is 84.7 Å². The normalized spacial score (nSPS) is 11.4. The highest BCUT2D eigenvalue weighted by Crippen LogP contribution is 2.21. The van der Waals surface area contributed by atoms with E-state index >= 15 is 0 Å². The first-order valence-electron chi connectivity index (χ1n) is 7.13. The van der Waals surface area contributed by atoms with Crippen molar-refractivity contribution in [2.75, 3.05) is 32.6 Å². The number of carbonyl (C=O) groups is 2. The fraction of sp³-hybridized carbons (Fsp3) is 0.500. The molecule has 0 saturated heterocycles. The van der Waals surface area contributed by atoms with Crippen molar-refractivity contribution in [2.24, 2.45) is 5.73 Å². The van der Waals surface area contributed by atoms with Crippen molar-refractivity contribution in [1.29, 1.82) is 0 Å². The number of nitrogens with zero attached hydrogens (tertiary/aromatic N) is 1. The van der Waals surface area contributed by atoms with Gasteiger partial charge in [0.15, 0.2) is 0 Å². The summed E-state index contributed by atoms with van der Waals surface area (Å²) in [6, 6.07) is 3.25. The second-order valence-electron chi connectivity index (χ2n) is 5.58. The number of halogens is 1. The van der Waals surface area contributed by atoms with Gasteiger partial charge in [-0.15, -0.1) is 12.4 Å². The average Bonchev–Trinajstić information content (AvgIpc) is 2.42. The molecule has 0 bridgehead atoms. The summed E-state index contributed by atoms with van der Waals surface area (Å²) >= 11 is 0. The Morgan fingerprint density at radius 3 is 2.26 bits per heavy atom. The first-order chi connectivity index (χ1) is 10.3. The number of methoxy groups -OCH3 is 1. The smallest absolute Gasteiger partial charge is 0.243 e. The molecule has 0 fully saturated rings. The van der Waals surface area contributed by atoms with E-state index in [4.69, 9.17) is 10.5 Å². The Labute approximate surface area is 143 Å². The Morgan fingerprint density at radius 1 is 1.26 bits per heavy atom. The molecule has 1 rings (SSSR count). The minimum Gasteiger partial charge on any atom is -0.383 e. The second kappa shape index (κ2) is 9.50. The van der Waals surface area contributed by atoms with Gasteiger partial charge in [-0.3, -0.25) is 9.59 Å². The molecule has 0 aliphatic heterocycles. The number of ether oxygens (including phenoxy) is 1. The summed E-state index contributed by atoms with van der Waals surface area (Å²) in [5, 5.41) is 2.86. The van der Waals surface area contributed by atoms with Crippen LogP contribution in [0.3, 0.4) is 0 Å². The number of rotatable bonds is 6. The number of likely N-dealkylation sites (N-methyl/N-ethyl adjacent to an activating group) is 1. The zero-order valence-electron chi connectivity index (χ0n) is 14.3. The Morgan fingerprint density at radius 2 is 1.78 bits per heavy atom. The van der Waals surface area contributed by atoms with Crippen molar-refractivity contribution < 1.29 is 14.3 Å². The third-order valence-electron chi connectivity index (χ3n) is 3.36. The molecule has 1 atom stereocenters. The number of nitrogens with two attached hydrogens (primary N) is 1. The number of hydrogen-bond acceptors (Lipinski definition) is 4. The monoisotopic (exact) mass is 343 g/mol. The molecule has 0 aliphatic carbocycles. The molecular weight excluding hydrogens is 318 g/mol. The van der Waals surface area contributed by atoms with Crippen molar-refractivity contribution in [1.82, 2.24) is 4.90 Å². The van der Waals surface area contributed by atoms with E-state index in [2.05, 4.69) is 5.32 Å². The van der Waals surface area contributed by atoms with Crippen molar-refractivity contribution in [3.63, 3.8) is 0 Å². The molecule has 0 aliphatic rings. The van der Waals surface area contributed by atoms with Gasteiger partial charge in [0.2, 0.25) is 11.8 Å². The lowest BCUT2D eigenvalue weighted by molar-refractivity contribution is -0.135. The van der Waals surface area contributed by atoms with Crippen molar-refractivity contribution in [3.8, 4) is 0 Å². The van der Waals surface area contributed by atoms with E-state index in [1.807, 2.05) is 32.9 Å². The van der Waals surface area contributed by atoms with Gasteiger partial charge < -0.3 is 20.7 Å². The maximum Gasteiger partial charge on any atom is 0.243 e. The zero-order valence-corrected chi connectivity index (χ0v) is 15.1. The highest BCUT2D eigenvalue weighted by atomic mass is 35.5. The molecule has 6 nitrogen and oxygen atoms in total. The van der Waals surface area contributed by atoms with Gasteiger partial charge in [0.25, 0.3) is 0 Å². The first-order valence-corrected chi connectivity index (χ1v) is 7.13. The average molecular weight is 344 g/mol. The summed E-state index contributed by atoms with van der Waals surface area (Å²) < 4.78 is 4.85. The summed E-state index contributed by atoms with van der Waals surface area (Å²) in [7, 11) is 3.02. The lowest BCUT2D eigenvalue weighted by atomic mass is 10.1. The summed E-state index contributed by atoms with van der Waals surface area (Å²) in [4.78, 5) is 25.4. The van der Waals surface area contributed by atoms with Gasteiger partial charge in [-0.1, -0.05) is 17.7 Å². The van der Waals surface area contributed by atoms with Gasteiger partial charge in [0.1, 0.15) is 6.04 Å². The molecule has 1 aromatic rings. The molecule has 130 valence electrons. The van der Waals surface area contributed by atoms with Gasteiger partial charge in [-0.2, -0.15) is 0 Å². The SMILES string of the molecule is COCC(N)C(=O)N(C)CC(=O)Nc1c(C)cc(C)cc1C.Cl. The maximum atomic E-state index is 12.1. The molecule has 1 unspecified atom stereocenters. The molecule has 2 amide bonds. The standard InChI is InChI=1S/C16H25N3O3.ClH/c1-10-6-11(2)15(12(3)7-10)18-14(20)8-19(4)16(21)13(17)9-22-5;/h6-7,13H,8-9,17H2,1-5H3,(H,18,20);1H. The summed E-state index contributed by atoms with van der Waals surface area (Å²) in [6.45, 7) is 5.97. The van der Waals surface area contributed by atoms with Crippen LogP contribution in [0.1, 0.15) is 16.7 Å². The fourth-order valence-corrected chi connectivity index (χ4v) is 2.38. The molecule has 0 aromatic heterocycles. The van der Waals surface area contributed by atoms with Crippen LogP contribution in [-0.2, 0) is 14.3 Å². The Kier molecular flexibility index (Phi) is 8.82. The van der Waals surface area contributed by atoms with E-state index in [1.54, 1.807) is 7.05 Å². The van der Waals surface area contributed by atoms with Crippen molar-refractivity contribution >= 4 is 29.9 Å². The summed E-state index contributed by atoms with van der Waals surface area (Å²) in [5.74, 6) is -0.579. The van der Waals surface area contributed by atoms with Crippen LogP contribution in [0.5, 0.6) is 0 Å². The Hall–Kier alpha value is -1.63. The van der Waals surface area contributed by atoms with Gasteiger partial charge in [-0.05, 0) is 31.9 Å². The van der Waals surface area contributed by atoms with Crippen LogP contribution in [0, 0.1) is 20.8 Å². The van der Waals surface area contributed by atoms with Gasteiger partial charge >= 0.3 is 0 Å². The third-order valence-corrected chi connectivity index (χ3v) is 3.36. The minimum atomic E-state index is -0.759. The molecule has 0 radical (unpaired) electrons. The molecule has 7 heteroatoms. The molecule has 3 N–H and O–H groups in total. The maximum absolute atomic E-state index is 12.1. The third kappa shape index (κ3) is 6.17. The predicted octanol–water partition coefficient (Wildman–Crippen LogP) is 1.40. The molecule has 0 saturated carbocycles. The quantitative estimate of drug-likeness (QED) is 0.817. The molecular formula is C16H26ClN3O3. The van der Waals surface area contributed by atoms with Crippen LogP contribution >= 0.6 is 12.4 Å². The molecule has 0 spiro atoms. The van der Waals surface area contributed by atoms with E-state index in [0.29, 0.717) is 0 Å². The number of benzene rings is 1. The minimum absolute atomic E-state index is 0. The summed E-state index contributed by atoms with van der Waals surface area (Å²) in [5.41, 5.74) is 9.60. The van der Waals surface area contributed by atoms with Gasteiger partial charge in [0.05, 0.1) is 13.2 Å². The highest BCUT2D eigenvalue weighted by molar-refractivity contribution is 5.96. The number of anilines is 1. The van der Waals surface area contributed by atoms with Gasteiger partial charge in [0, 0.05) is 19.8 Å². The first kappa shape index (κ1) is 21.4. The van der Waals surface area contributed by atoms with Crippen LogP contribution in [0.15, 0.2) is 12.1 Å². The lowest BCUT2D eigenvalue weighted by Gasteiger charge is -2.21. The Bertz CT molecular complexity index is 540. The number of hydrogen-bond donors (Lipinski definition) is 2. The fourth-order valence-electron chi connectivity index (χ4n) is 2.38. The van der Waals surface area contributed by atoms with Crippen LogP contribution in [0.25, 0.3) is 0 Å². The van der Waals surface area contributed by atoms with E-state index in [0.717, 1.165) is 22.4 Å². The van der Waals surface area contributed by atoms with Crippen LogP contribution in [0.4, 0.5) is 5.69 Å². The van der Waals surface area contributed by atoms with E-state index < -0.39 is 6.04 Å². The van der Waals surface area contributed by atoms with Crippen LogP contribution in [0.2, 0.25) is 0 Å². The number of amides is 2. The summed E-state index contributed by atoms with van der Waals surface area (Å²) in [6.07, 6.45) is 0. The lowest BCUT2D eigenvalue weighted by Crippen LogP contribution is -2.46. The van der Waals surface area contributed by atoms with E-state index in [-0.39, 0.29) is 37.4 Å². The van der Waals surface area contributed by atoms with Crippen molar-refractivity contribution in [2.45, 2.75) is 26.8 Å². The van der Waals surface area contributed by atoms with Crippen molar-refractivity contribution in [3.05, 3.63) is 28.8 Å². The second-order valence-corrected chi connectivity index (χ2v) is 5.58. The number of carbonyl (C=O) groups excluding carboxylic acids is 2. The largest absolute Gasteiger partial charge is 0.383 e. The number of aryl methyl sites for hydroxylation is 3. The van der Waals surface area contributed by atoms with Crippen LogP contribution in [-0.4, -0.2) is 50.1 Å². The molecule has 0 heterocycles. The van der Waals surface area contributed by atoms with E-state index in [9.17, 15) is 9.59 Å². The van der Waals surface area contributed by atoms with E-state index in [1.165, 1.54) is 12.0 Å². The predicted molar refractivity (Wildman–Crippen MR) is 94.0 cm³/mol. The zero-order chi connectivity index (χ0) is 16.9. The highest BCUT2D eigenvalue weighted by Gasteiger charge is 2.20. The van der Waals surface area contributed by atoms with Crippen LogP contribution < -0.4 is 11.1 Å².